The van der Waals surface area contributed by atoms with E-state index in [9.17, 15) is 18.3 Å². The number of benzene rings is 2. The van der Waals surface area contributed by atoms with Crippen molar-refractivity contribution < 1.29 is 23.0 Å². The van der Waals surface area contributed by atoms with Crippen LogP contribution in [-0.2, 0) is 18.3 Å². The molecule has 1 aromatic heterocycles. The van der Waals surface area contributed by atoms with Gasteiger partial charge in [-0.2, -0.15) is 13.2 Å². The van der Waals surface area contributed by atoms with Gasteiger partial charge in [-0.25, -0.2) is 0 Å². The molecule has 0 radical (unpaired) electrons. The van der Waals surface area contributed by atoms with Gasteiger partial charge in [0.15, 0.2) is 5.60 Å². The van der Waals surface area contributed by atoms with Gasteiger partial charge in [0.05, 0.1) is 12.1 Å². The minimum atomic E-state index is -4.78. The number of nitrogens with zero attached hydrogens (tertiary/aromatic N) is 1. The fourth-order valence-corrected chi connectivity index (χ4v) is 4.33. The number of hydrogen-bond acceptors (Lipinski definition) is 3. The average molecular weight is 415 g/mol. The summed E-state index contributed by atoms with van der Waals surface area (Å²) in [6, 6.07) is 14.1. The summed E-state index contributed by atoms with van der Waals surface area (Å²) >= 11 is 0. The van der Waals surface area contributed by atoms with E-state index in [-0.39, 0.29) is 0 Å². The number of halogens is 3. The molecule has 0 spiro atoms. The summed E-state index contributed by atoms with van der Waals surface area (Å²) < 4.78 is 48.0. The Morgan fingerprint density at radius 2 is 1.83 bits per heavy atom. The molecule has 1 unspecified atom stereocenters. The molecule has 0 bridgehead atoms. The SMILES string of the molecule is CC(C)(CC(O)(Cc1ccnc2ccccc12)C(F)(F)F)c1ccc2c(c1)CCO2. The first-order chi connectivity index (χ1) is 14.1. The molecule has 1 aliphatic heterocycles. The number of hydrogen-bond donors (Lipinski definition) is 1. The molecule has 158 valence electrons. The van der Waals surface area contributed by atoms with Crippen LogP contribution < -0.4 is 4.74 Å². The van der Waals surface area contributed by atoms with Gasteiger partial charge in [0.1, 0.15) is 5.75 Å². The van der Waals surface area contributed by atoms with Crippen molar-refractivity contribution in [1.82, 2.24) is 4.98 Å². The molecule has 0 aliphatic carbocycles. The van der Waals surface area contributed by atoms with Gasteiger partial charge < -0.3 is 9.84 Å². The number of aromatic nitrogens is 1. The molecule has 3 aromatic rings. The van der Waals surface area contributed by atoms with E-state index >= 15 is 0 Å². The van der Waals surface area contributed by atoms with Crippen molar-refractivity contribution in [3.63, 3.8) is 0 Å². The van der Waals surface area contributed by atoms with Crippen molar-refractivity contribution in [3.05, 3.63) is 71.4 Å². The quantitative estimate of drug-likeness (QED) is 0.609. The second kappa shape index (κ2) is 7.27. The van der Waals surface area contributed by atoms with E-state index in [1.54, 1.807) is 50.2 Å². The van der Waals surface area contributed by atoms with E-state index in [1.807, 2.05) is 12.1 Å². The molecule has 1 N–H and O–H groups in total. The number of para-hydroxylation sites is 1. The smallest absolute Gasteiger partial charge is 0.417 e. The average Bonchev–Trinajstić information content (AvgIpc) is 3.15. The van der Waals surface area contributed by atoms with Gasteiger partial charge in [0.25, 0.3) is 0 Å². The van der Waals surface area contributed by atoms with Gasteiger partial charge >= 0.3 is 6.18 Å². The molecule has 0 fully saturated rings. The van der Waals surface area contributed by atoms with Crippen molar-refractivity contribution in [3.8, 4) is 5.75 Å². The molecule has 0 saturated carbocycles. The molecule has 1 aliphatic rings. The lowest BCUT2D eigenvalue weighted by Crippen LogP contribution is -2.50. The van der Waals surface area contributed by atoms with Crippen molar-refractivity contribution in [1.29, 1.82) is 0 Å². The van der Waals surface area contributed by atoms with Gasteiger partial charge in [-0.3, -0.25) is 4.98 Å². The summed E-state index contributed by atoms with van der Waals surface area (Å²) in [5, 5.41) is 11.6. The Hall–Kier alpha value is -2.60. The summed E-state index contributed by atoms with van der Waals surface area (Å²) in [4.78, 5) is 4.21. The predicted octanol–water partition coefficient (Wildman–Crippen LogP) is 5.37. The Balaban J connectivity index is 1.70. The third-order valence-corrected chi connectivity index (χ3v) is 5.96. The topological polar surface area (TPSA) is 42.4 Å². The monoisotopic (exact) mass is 415 g/mol. The van der Waals surface area contributed by atoms with Crippen molar-refractivity contribution in [2.75, 3.05) is 6.61 Å². The van der Waals surface area contributed by atoms with Gasteiger partial charge in [-0.05, 0) is 46.7 Å². The molecule has 3 nitrogen and oxygen atoms in total. The first-order valence-corrected chi connectivity index (χ1v) is 9.97. The van der Waals surface area contributed by atoms with Gasteiger partial charge in [0.2, 0.25) is 0 Å². The fourth-order valence-electron chi connectivity index (χ4n) is 4.33. The zero-order valence-electron chi connectivity index (χ0n) is 17.0. The Kier molecular flexibility index (Phi) is 5.01. The lowest BCUT2D eigenvalue weighted by molar-refractivity contribution is -0.266. The van der Waals surface area contributed by atoms with E-state index in [2.05, 4.69) is 4.98 Å². The van der Waals surface area contributed by atoms with Crippen LogP contribution in [-0.4, -0.2) is 28.5 Å². The molecular weight excluding hydrogens is 391 g/mol. The molecule has 30 heavy (non-hydrogen) atoms. The Bertz CT molecular complexity index is 1070. The lowest BCUT2D eigenvalue weighted by atomic mass is 9.72. The molecular formula is C24H24F3NO2. The zero-order valence-corrected chi connectivity index (χ0v) is 17.0. The second-order valence-electron chi connectivity index (χ2n) is 8.67. The molecule has 1 atom stereocenters. The maximum atomic E-state index is 14.2. The standard InChI is InChI=1S/C24H24F3NO2/c1-22(2,18-7-8-21-16(13-18)10-12-30-21)15-23(29,24(25,26)27)14-17-9-11-28-20-6-4-3-5-19(17)20/h3-9,11,13,29H,10,12,14-15H2,1-2H3. The van der Waals surface area contributed by atoms with E-state index < -0.39 is 30.0 Å². The van der Waals surface area contributed by atoms with Crippen LogP contribution in [0.1, 0.15) is 37.0 Å². The van der Waals surface area contributed by atoms with Crippen LogP contribution in [0.25, 0.3) is 10.9 Å². The summed E-state index contributed by atoms with van der Waals surface area (Å²) in [6.45, 7) is 4.07. The van der Waals surface area contributed by atoms with Crippen LogP contribution in [0.3, 0.4) is 0 Å². The highest BCUT2D eigenvalue weighted by atomic mass is 19.4. The summed E-state index contributed by atoms with van der Waals surface area (Å²) in [5.41, 5.74) is -0.984. The largest absolute Gasteiger partial charge is 0.493 e. The highest BCUT2D eigenvalue weighted by Crippen LogP contribution is 2.44. The molecule has 4 rings (SSSR count). The summed E-state index contributed by atoms with van der Waals surface area (Å²) in [7, 11) is 0. The first-order valence-electron chi connectivity index (χ1n) is 9.97. The number of fused-ring (bicyclic) bond motifs is 2. The molecule has 6 heteroatoms. The molecule has 0 amide bonds. The lowest BCUT2D eigenvalue weighted by Gasteiger charge is -2.38. The normalized spacial score (nSPS) is 16.2. The highest BCUT2D eigenvalue weighted by molar-refractivity contribution is 5.81. The van der Waals surface area contributed by atoms with E-state index in [0.29, 0.717) is 23.1 Å². The third-order valence-electron chi connectivity index (χ3n) is 5.96. The summed E-state index contributed by atoms with van der Waals surface area (Å²) in [5.74, 6) is 0.781. The maximum absolute atomic E-state index is 14.2. The Morgan fingerprint density at radius 3 is 2.60 bits per heavy atom. The van der Waals surface area contributed by atoms with Crippen molar-refractivity contribution in [2.45, 2.75) is 50.3 Å². The number of alkyl halides is 3. The minimum absolute atomic E-state index is 0.429. The highest BCUT2D eigenvalue weighted by Gasteiger charge is 2.55. The molecule has 2 heterocycles. The van der Waals surface area contributed by atoms with Crippen LogP contribution in [0.5, 0.6) is 5.75 Å². The first kappa shape index (κ1) is 20.7. The number of rotatable bonds is 5. The van der Waals surface area contributed by atoms with E-state index in [1.165, 1.54) is 6.20 Å². The Labute approximate surface area is 173 Å². The van der Waals surface area contributed by atoms with E-state index in [0.717, 1.165) is 23.3 Å². The van der Waals surface area contributed by atoms with Gasteiger partial charge in [0, 0.05) is 24.4 Å². The van der Waals surface area contributed by atoms with Gasteiger partial charge in [-0.15, -0.1) is 0 Å². The van der Waals surface area contributed by atoms with Crippen LogP contribution in [0, 0.1) is 0 Å². The van der Waals surface area contributed by atoms with Crippen LogP contribution in [0.2, 0.25) is 0 Å². The number of aliphatic hydroxyl groups is 1. The predicted molar refractivity (Wildman–Crippen MR) is 110 cm³/mol. The van der Waals surface area contributed by atoms with Crippen LogP contribution in [0.4, 0.5) is 13.2 Å². The summed E-state index contributed by atoms with van der Waals surface area (Å²) in [6.07, 6.45) is -3.54. The third kappa shape index (κ3) is 3.76. The fraction of sp³-hybridized carbons (Fsp3) is 0.375. The van der Waals surface area contributed by atoms with Crippen LogP contribution in [0.15, 0.2) is 54.7 Å². The van der Waals surface area contributed by atoms with E-state index in [4.69, 9.17) is 4.74 Å². The number of ether oxygens (including phenoxy) is 1. The van der Waals surface area contributed by atoms with Gasteiger partial charge in [-0.1, -0.05) is 44.2 Å². The minimum Gasteiger partial charge on any atom is -0.493 e. The van der Waals surface area contributed by atoms with Crippen molar-refractivity contribution in [2.24, 2.45) is 0 Å². The molecule has 2 aromatic carbocycles. The second-order valence-corrected chi connectivity index (χ2v) is 8.67. The Morgan fingerprint density at radius 1 is 1.07 bits per heavy atom. The molecule has 0 saturated heterocycles. The zero-order chi connectivity index (χ0) is 21.6. The van der Waals surface area contributed by atoms with Crippen molar-refractivity contribution >= 4 is 10.9 Å². The van der Waals surface area contributed by atoms with Crippen LogP contribution >= 0.6 is 0 Å². The maximum Gasteiger partial charge on any atom is 0.417 e. The number of pyridine rings is 1.